The van der Waals surface area contributed by atoms with Gasteiger partial charge >= 0.3 is 5.97 Å². The monoisotopic (exact) mass is 492 g/mol. The van der Waals surface area contributed by atoms with Crippen LogP contribution in [0.3, 0.4) is 0 Å². The molecular weight excluding hydrogens is 463 g/mol. The number of ether oxygens (including phenoxy) is 1. The minimum absolute atomic E-state index is 0.0136. The first-order valence-corrected chi connectivity index (χ1v) is 12.5. The molecule has 1 heterocycles. The number of hydrogen-bond acceptors (Lipinski definition) is 5. The molecule has 10 heteroatoms. The lowest BCUT2D eigenvalue weighted by molar-refractivity contribution is -0.142. The van der Waals surface area contributed by atoms with Crippen LogP contribution in [0.1, 0.15) is 37.0 Å². The van der Waals surface area contributed by atoms with Crippen LogP contribution < -0.4 is 4.74 Å². The lowest BCUT2D eigenvalue weighted by Gasteiger charge is -2.38. The third-order valence-electron chi connectivity index (χ3n) is 5.87. The van der Waals surface area contributed by atoms with Crippen molar-refractivity contribution in [1.82, 2.24) is 9.21 Å². The Morgan fingerprint density at radius 3 is 2.15 bits per heavy atom. The molecule has 0 aromatic heterocycles. The molecule has 3 rings (SSSR count). The van der Waals surface area contributed by atoms with Crippen LogP contribution in [0.15, 0.2) is 53.4 Å². The van der Waals surface area contributed by atoms with Crippen molar-refractivity contribution in [2.45, 2.75) is 31.6 Å². The number of carboxylic acid groups (broad SMARTS) is 1. The predicted octanol–water partition coefficient (Wildman–Crippen LogP) is 3.24. The van der Waals surface area contributed by atoms with E-state index in [0.29, 0.717) is 25.2 Å². The van der Waals surface area contributed by atoms with Crippen LogP contribution in [0.2, 0.25) is 0 Å². The largest absolute Gasteiger partial charge is 0.494 e. The smallest absolute Gasteiger partial charge is 0.335 e. The minimum Gasteiger partial charge on any atom is -0.494 e. The fourth-order valence-corrected chi connectivity index (χ4v) is 5.24. The van der Waals surface area contributed by atoms with Gasteiger partial charge in [0, 0.05) is 31.6 Å². The zero-order valence-electron chi connectivity index (χ0n) is 19.2. The Hall–Kier alpha value is -2.98. The summed E-state index contributed by atoms with van der Waals surface area (Å²) >= 11 is 0. The van der Waals surface area contributed by atoms with Crippen LogP contribution >= 0.6 is 0 Å². The van der Waals surface area contributed by atoms with E-state index >= 15 is 0 Å². The normalized spacial score (nSPS) is 15.2. The van der Waals surface area contributed by atoms with Crippen LogP contribution in [-0.4, -0.2) is 67.4 Å². The molecule has 0 spiro atoms. The van der Waals surface area contributed by atoms with Gasteiger partial charge in [-0.05, 0) is 61.4 Å². The summed E-state index contributed by atoms with van der Waals surface area (Å²) in [5.74, 6) is -0.929. The summed E-state index contributed by atoms with van der Waals surface area (Å²) < 4.78 is 45.7. The second-order valence-corrected chi connectivity index (χ2v) is 10.8. The molecule has 184 valence electrons. The summed E-state index contributed by atoms with van der Waals surface area (Å²) in [7, 11) is -3.77. The van der Waals surface area contributed by atoms with Gasteiger partial charge in [-0.3, -0.25) is 4.79 Å². The second-order valence-electron chi connectivity index (χ2n) is 8.82. The van der Waals surface area contributed by atoms with E-state index in [9.17, 15) is 22.4 Å². The van der Waals surface area contributed by atoms with E-state index in [1.54, 1.807) is 17.0 Å². The Morgan fingerprint density at radius 1 is 1.00 bits per heavy atom. The number of carboxylic acids is 1. The first-order chi connectivity index (χ1) is 16.0. The van der Waals surface area contributed by atoms with Gasteiger partial charge in [-0.25, -0.2) is 17.6 Å². The van der Waals surface area contributed by atoms with Gasteiger partial charge in [0.05, 0.1) is 17.1 Å². The summed E-state index contributed by atoms with van der Waals surface area (Å²) in [6, 6.07) is 10.9. The van der Waals surface area contributed by atoms with Gasteiger partial charge in [0.2, 0.25) is 15.9 Å². The molecule has 34 heavy (non-hydrogen) atoms. The van der Waals surface area contributed by atoms with Gasteiger partial charge in [-0.15, -0.1) is 0 Å². The number of carbonyl (C=O) groups excluding carboxylic acids is 1. The zero-order chi connectivity index (χ0) is 24.9. The fraction of sp³-hybridized carbons (Fsp3) is 0.417. The van der Waals surface area contributed by atoms with Crippen LogP contribution in [-0.2, 0) is 14.8 Å². The average Bonchev–Trinajstić information content (AvgIpc) is 2.82. The zero-order valence-corrected chi connectivity index (χ0v) is 20.1. The maximum Gasteiger partial charge on any atom is 0.335 e. The molecule has 1 N–H and O–H groups in total. The number of piperazine rings is 1. The van der Waals surface area contributed by atoms with E-state index < -0.39 is 21.4 Å². The van der Waals surface area contributed by atoms with Crippen LogP contribution in [0, 0.1) is 11.2 Å². The van der Waals surface area contributed by atoms with Gasteiger partial charge < -0.3 is 14.7 Å². The molecule has 0 aliphatic carbocycles. The quantitative estimate of drug-likeness (QED) is 0.539. The highest BCUT2D eigenvalue weighted by Crippen LogP contribution is 2.27. The van der Waals surface area contributed by atoms with E-state index in [1.165, 1.54) is 40.7 Å². The van der Waals surface area contributed by atoms with Gasteiger partial charge in [0.25, 0.3) is 0 Å². The third kappa shape index (κ3) is 6.12. The predicted molar refractivity (Wildman–Crippen MR) is 124 cm³/mol. The van der Waals surface area contributed by atoms with Gasteiger partial charge in [0.15, 0.2) is 0 Å². The molecule has 0 bridgehead atoms. The topological polar surface area (TPSA) is 104 Å². The Bertz CT molecular complexity index is 1110. The van der Waals surface area contributed by atoms with Gasteiger partial charge in [-0.2, -0.15) is 4.31 Å². The Balaban J connectivity index is 1.50. The average molecular weight is 493 g/mol. The van der Waals surface area contributed by atoms with Crippen molar-refractivity contribution in [3.8, 4) is 5.75 Å². The molecule has 1 fully saturated rings. The molecule has 2 aromatic carbocycles. The highest BCUT2D eigenvalue weighted by molar-refractivity contribution is 7.89. The Morgan fingerprint density at radius 2 is 1.59 bits per heavy atom. The van der Waals surface area contributed by atoms with Crippen LogP contribution in [0.25, 0.3) is 0 Å². The highest BCUT2D eigenvalue weighted by Gasteiger charge is 2.36. The molecule has 1 saturated heterocycles. The molecular formula is C24H29FN2O6S. The molecule has 8 nitrogen and oxygen atoms in total. The SMILES string of the molecule is CC(C)(CCCOc1ccc(F)cc1)C(=O)N1CCN(S(=O)(=O)c2ccc(C(=O)O)cc2)CC1. The van der Waals surface area contributed by atoms with E-state index in [0.717, 1.165) is 0 Å². The number of hydrogen-bond donors (Lipinski definition) is 1. The van der Waals surface area contributed by atoms with Crippen molar-refractivity contribution >= 4 is 21.9 Å². The molecule has 1 amide bonds. The lowest BCUT2D eigenvalue weighted by Crippen LogP contribution is -2.53. The van der Waals surface area contributed by atoms with Gasteiger partial charge in [0.1, 0.15) is 11.6 Å². The summed E-state index contributed by atoms with van der Waals surface area (Å²) in [5.41, 5.74) is -0.625. The number of benzene rings is 2. The molecule has 1 aliphatic heterocycles. The molecule has 2 aromatic rings. The third-order valence-corrected chi connectivity index (χ3v) is 7.79. The number of nitrogens with zero attached hydrogens (tertiary/aromatic N) is 2. The second kappa shape index (κ2) is 10.5. The van der Waals surface area contributed by atoms with Crippen molar-refractivity contribution in [3.05, 3.63) is 59.9 Å². The van der Waals surface area contributed by atoms with Crippen molar-refractivity contribution in [3.63, 3.8) is 0 Å². The highest BCUT2D eigenvalue weighted by atomic mass is 32.2. The fourth-order valence-electron chi connectivity index (χ4n) is 3.82. The van der Waals surface area contributed by atoms with Crippen molar-refractivity contribution in [2.24, 2.45) is 5.41 Å². The number of sulfonamides is 1. The first-order valence-electron chi connectivity index (χ1n) is 11.0. The number of rotatable bonds is 9. The summed E-state index contributed by atoms with van der Waals surface area (Å²) in [6.07, 6.45) is 1.22. The Labute approximate surface area is 199 Å². The molecule has 0 atom stereocenters. The van der Waals surface area contributed by atoms with E-state index in [2.05, 4.69) is 0 Å². The van der Waals surface area contributed by atoms with E-state index in [4.69, 9.17) is 9.84 Å². The number of aromatic carboxylic acids is 1. The number of amides is 1. The minimum atomic E-state index is -3.77. The molecule has 0 unspecified atom stereocenters. The van der Waals surface area contributed by atoms with Crippen molar-refractivity contribution < 1.29 is 32.2 Å². The summed E-state index contributed by atoms with van der Waals surface area (Å²) in [6.45, 7) is 5.01. The first kappa shape index (κ1) is 25.6. The number of halogens is 1. The van der Waals surface area contributed by atoms with E-state index in [1.807, 2.05) is 13.8 Å². The number of carbonyl (C=O) groups is 2. The maximum absolute atomic E-state index is 13.1. The van der Waals surface area contributed by atoms with Crippen molar-refractivity contribution in [2.75, 3.05) is 32.8 Å². The standard InChI is InChI=1S/C24H29FN2O6S/c1-24(2,12-3-17-33-20-8-6-19(25)7-9-20)23(30)26-13-15-27(16-14-26)34(31,32)21-10-4-18(5-11-21)22(28)29/h4-11H,3,12-17H2,1-2H3,(H,28,29). The van der Waals surface area contributed by atoms with Crippen molar-refractivity contribution in [1.29, 1.82) is 0 Å². The van der Waals surface area contributed by atoms with Gasteiger partial charge in [-0.1, -0.05) is 13.8 Å². The summed E-state index contributed by atoms with van der Waals surface area (Å²) in [5, 5.41) is 8.99. The molecule has 0 radical (unpaired) electrons. The Kier molecular flexibility index (Phi) is 7.93. The van der Waals surface area contributed by atoms with Crippen LogP contribution in [0.5, 0.6) is 5.75 Å². The van der Waals surface area contributed by atoms with Crippen LogP contribution in [0.4, 0.5) is 4.39 Å². The lowest BCUT2D eigenvalue weighted by atomic mass is 9.86. The molecule has 0 saturated carbocycles. The molecule has 1 aliphatic rings. The summed E-state index contributed by atoms with van der Waals surface area (Å²) in [4.78, 5) is 25.8. The van der Waals surface area contributed by atoms with E-state index in [-0.39, 0.29) is 48.4 Å². The maximum atomic E-state index is 13.1.